The summed E-state index contributed by atoms with van der Waals surface area (Å²) in [7, 11) is 0. The van der Waals surface area contributed by atoms with Crippen LogP contribution in [0.4, 0.5) is 0 Å². The molecule has 0 saturated carbocycles. The van der Waals surface area contributed by atoms with Crippen LogP contribution < -0.4 is 11.5 Å². The molecule has 11 heavy (non-hydrogen) atoms. The van der Waals surface area contributed by atoms with Gasteiger partial charge in [0.15, 0.2) is 0 Å². The molecule has 0 spiro atoms. The predicted molar refractivity (Wildman–Crippen MR) is 27.5 cm³/mol. The first-order valence-corrected chi connectivity index (χ1v) is 2.50. The van der Waals surface area contributed by atoms with Crippen LogP contribution in [-0.4, -0.2) is 13.1 Å². The van der Waals surface area contributed by atoms with Gasteiger partial charge in [0.05, 0.1) is 13.1 Å². The van der Waals surface area contributed by atoms with Gasteiger partial charge in [-0.25, -0.2) is 0 Å². The smallest absolute Gasteiger partial charge is 2.00 e. The van der Waals surface area contributed by atoms with Gasteiger partial charge in [0.25, 0.3) is 0 Å². The van der Waals surface area contributed by atoms with Crippen molar-refractivity contribution in [3.8, 4) is 0 Å². The second kappa shape index (κ2) is 48.2. The van der Waals surface area contributed by atoms with Gasteiger partial charge in [0.2, 0.25) is 0 Å². The minimum atomic E-state index is 0. The fraction of sp³-hybridized carbons (Fsp3) is 1.00. The Morgan fingerprint density at radius 2 is 0.818 bits per heavy atom. The van der Waals surface area contributed by atoms with Crippen LogP contribution in [-0.2, 0) is 39.3 Å². The summed E-state index contributed by atoms with van der Waals surface area (Å²) in [5.74, 6) is 0. The van der Waals surface area contributed by atoms with Crippen LogP contribution in [0.2, 0.25) is 0 Å². The number of hydrogen-bond acceptors (Lipinski definition) is 0. The van der Waals surface area contributed by atoms with Gasteiger partial charge in [0.1, 0.15) is 0 Å². The van der Waals surface area contributed by atoms with Crippen molar-refractivity contribution in [1.29, 1.82) is 0 Å². The molecule has 70 valence electrons. The number of unbranched alkanes of at least 4 members (excludes halogenated alkanes) is 1. The van der Waals surface area contributed by atoms with Crippen LogP contribution in [0, 0.1) is 0 Å². The summed E-state index contributed by atoms with van der Waals surface area (Å²) in [6, 6.07) is 0. The van der Waals surface area contributed by atoms with Gasteiger partial charge >= 0.3 is 17.4 Å². The normalized spacial score (nSPS) is 4.91. The average Bonchev–Trinajstić information content (AvgIpc) is 1.61. The Morgan fingerprint density at radius 3 is 0.909 bits per heavy atom. The Kier molecular flexibility index (Phi) is 187. The van der Waals surface area contributed by atoms with E-state index in [4.69, 9.17) is 0 Å². The maximum absolute atomic E-state index is 3.70. The summed E-state index contributed by atoms with van der Waals surface area (Å²) >= 11 is 0. The van der Waals surface area contributed by atoms with Crippen molar-refractivity contribution >= 4 is 0 Å². The second-order valence-electron chi connectivity index (χ2n) is 1.41. The van der Waals surface area contributed by atoms with Crippen LogP contribution in [0.3, 0.4) is 0 Å². The van der Waals surface area contributed by atoms with E-state index < -0.39 is 0 Å². The van der Waals surface area contributed by atoms with Gasteiger partial charge in [-0.1, -0.05) is 0 Å². The third kappa shape index (κ3) is 65.3. The molecule has 0 atom stereocenters. The molecule has 0 fully saturated rings. The topological polar surface area (TPSA) is 169 Å². The van der Waals surface area contributed by atoms with Gasteiger partial charge < -0.3 is 33.4 Å². The molecular weight excluding hydrogens is 192 g/mol. The van der Waals surface area contributed by atoms with E-state index in [1.165, 1.54) is 12.8 Å². The second-order valence-corrected chi connectivity index (χ2v) is 1.41. The summed E-state index contributed by atoms with van der Waals surface area (Å²) < 4.78 is 0. The zero-order valence-corrected chi connectivity index (χ0v) is 7.56. The Labute approximate surface area is 77.3 Å². The fourth-order valence-electron chi connectivity index (χ4n) is 0.354. The van der Waals surface area contributed by atoms with Gasteiger partial charge in [0, 0.05) is 12.8 Å². The van der Waals surface area contributed by atoms with E-state index in [1.807, 2.05) is 0 Å². The van der Waals surface area contributed by atoms with Gasteiger partial charge in [-0.3, -0.25) is 0 Å². The molecule has 6 nitrogen and oxygen atoms in total. The van der Waals surface area contributed by atoms with E-state index in [1.54, 1.807) is 0 Å². The van der Waals surface area contributed by atoms with Gasteiger partial charge in [-0.15, -0.1) is 0 Å². The molecule has 0 aliphatic rings. The Hall–Kier alpha value is 0.292. The molecule has 0 radical (unpaired) electrons. The maximum Gasteiger partial charge on any atom is 6.00 e. The summed E-state index contributed by atoms with van der Waals surface area (Å²) in [5, 5.41) is 0. The zero-order chi connectivity index (χ0) is 4.83. The molecule has 0 aromatic heterocycles. The quantitative estimate of drug-likeness (QED) is 0.477. The molecule has 0 saturated heterocycles. The van der Waals surface area contributed by atoms with E-state index in [0.29, 0.717) is 0 Å². The SMILES string of the molecule is [Cr+6].[NH3+]CCCC[NH3+].[O-2].[O-2].[O-2].[O-2]. The first-order chi connectivity index (χ1) is 2.91. The van der Waals surface area contributed by atoms with E-state index in [2.05, 4.69) is 11.5 Å². The molecule has 0 heterocycles. The van der Waals surface area contributed by atoms with E-state index in [0.717, 1.165) is 13.1 Å². The van der Waals surface area contributed by atoms with Crippen molar-refractivity contribution in [3.05, 3.63) is 0 Å². The zero-order valence-electron chi connectivity index (χ0n) is 6.28. The molecule has 0 amide bonds. The molecule has 0 aliphatic carbocycles. The van der Waals surface area contributed by atoms with Gasteiger partial charge in [-0.05, 0) is 0 Å². The van der Waals surface area contributed by atoms with E-state index in [9.17, 15) is 0 Å². The van der Waals surface area contributed by atoms with Crippen molar-refractivity contribution < 1.29 is 50.7 Å². The van der Waals surface area contributed by atoms with Crippen molar-refractivity contribution in [2.45, 2.75) is 12.8 Å². The van der Waals surface area contributed by atoms with Crippen molar-refractivity contribution in [2.24, 2.45) is 0 Å². The van der Waals surface area contributed by atoms with Crippen molar-refractivity contribution in [2.75, 3.05) is 13.1 Å². The number of hydrogen-bond donors (Lipinski definition) is 2. The minimum absolute atomic E-state index is 0. The molecule has 6 N–H and O–H groups in total. The summed E-state index contributed by atoms with van der Waals surface area (Å²) in [4.78, 5) is 0. The van der Waals surface area contributed by atoms with Crippen LogP contribution in [0.25, 0.3) is 0 Å². The molecule has 0 aromatic carbocycles. The van der Waals surface area contributed by atoms with Gasteiger partial charge in [-0.2, -0.15) is 0 Å². The van der Waals surface area contributed by atoms with E-state index in [-0.39, 0.29) is 39.3 Å². The molecule has 0 aliphatic heterocycles. The molecule has 0 rings (SSSR count). The third-order valence-electron chi connectivity index (χ3n) is 0.750. The Balaban J connectivity index is -0.0000000125. The number of quaternary nitrogens is 2. The fourth-order valence-corrected chi connectivity index (χ4v) is 0.354. The molecule has 0 unspecified atom stereocenters. The van der Waals surface area contributed by atoms with Crippen LogP contribution in [0.5, 0.6) is 0 Å². The third-order valence-corrected chi connectivity index (χ3v) is 0.750. The first-order valence-electron chi connectivity index (χ1n) is 2.50. The number of rotatable bonds is 3. The maximum atomic E-state index is 3.70. The van der Waals surface area contributed by atoms with Crippen LogP contribution >= 0.6 is 0 Å². The van der Waals surface area contributed by atoms with Crippen LogP contribution in [0.1, 0.15) is 12.8 Å². The predicted octanol–water partition coefficient (Wildman–Crippen LogP) is -2.23. The average molecular weight is 206 g/mol. The molecule has 7 heteroatoms. The molecule has 0 bridgehead atoms. The Bertz CT molecular complexity index is 32.1. The first kappa shape index (κ1) is 42.7. The molecule has 0 aromatic rings. The van der Waals surface area contributed by atoms with E-state index >= 15 is 0 Å². The monoisotopic (exact) mass is 206 g/mol. The largest absolute Gasteiger partial charge is 6.00 e. The summed E-state index contributed by atoms with van der Waals surface area (Å²) in [5.41, 5.74) is 7.39. The molecular formula is C4H14CrN2O4. The minimum Gasteiger partial charge on any atom is -2.00 e. The van der Waals surface area contributed by atoms with Crippen LogP contribution in [0.15, 0.2) is 0 Å². The van der Waals surface area contributed by atoms with Crippen molar-refractivity contribution in [1.82, 2.24) is 0 Å². The van der Waals surface area contributed by atoms with Crippen molar-refractivity contribution in [3.63, 3.8) is 0 Å². The standard InChI is InChI=1S/C4H12N2.Cr.4O/c5-3-1-2-4-6;;;;;/h1-6H2;;;;;/q;+6;4*-2/p+2. The summed E-state index contributed by atoms with van der Waals surface area (Å²) in [6.07, 6.45) is 2.48. The Morgan fingerprint density at radius 1 is 0.636 bits per heavy atom. The summed E-state index contributed by atoms with van der Waals surface area (Å²) in [6.45, 7) is 2.13.